The van der Waals surface area contributed by atoms with Gasteiger partial charge in [-0.05, 0) is 36.5 Å². The Morgan fingerprint density at radius 1 is 1.24 bits per heavy atom. The maximum atomic E-state index is 13.6. The van der Waals surface area contributed by atoms with Crippen LogP contribution < -0.4 is 21.3 Å². The van der Waals surface area contributed by atoms with Gasteiger partial charge in [-0.3, -0.25) is 19.8 Å². The van der Waals surface area contributed by atoms with Gasteiger partial charge >= 0.3 is 12.1 Å². The SMILES string of the molecule is C=C1N[C@H]2[C@H](CN3C(=O)CN(C)C3=O)N=C(NC(=O)OCC(Cl)(Cl)Cl)N3CC(NC(=O)c4cccc5c4CCC5)C(O)(O)[C@]23N1. The Hall–Kier alpha value is -3.50. The molecule has 1 aromatic rings. The summed E-state index contributed by atoms with van der Waals surface area (Å²) in [5.74, 6) is -3.78. The number of guanidine groups is 1. The Morgan fingerprint density at radius 3 is 2.69 bits per heavy atom. The third-order valence-corrected chi connectivity index (χ3v) is 9.09. The van der Waals surface area contributed by atoms with Gasteiger partial charge in [-0.15, -0.1) is 0 Å². The van der Waals surface area contributed by atoms with E-state index >= 15 is 0 Å². The number of carbonyl (C=O) groups excluding carboxylic acids is 4. The van der Waals surface area contributed by atoms with Crippen molar-refractivity contribution in [1.82, 2.24) is 36.0 Å². The van der Waals surface area contributed by atoms with E-state index in [0.29, 0.717) is 5.56 Å². The van der Waals surface area contributed by atoms with E-state index < -0.39 is 63.9 Å². The molecule has 0 bridgehead atoms. The minimum atomic E-state index is -2.74. The number of nitrogens with one attached hydrogen (secondary N) is 4. The number of hydrogen-bond acceptors (Lipinski definition) is 11. The molecular weight excluding hydrogens is 655 g/mol. The van der Waals surface area contributed by atoms with E-state index in [-0.39, 0.29) is 31.4 Å². The summed E-state index contributed by atoms with van der Waals surface area (Å²) in [6, 6.07) is 1.43. The van der Waals surface area contributed by atoms with Gasteiger partial charge in [0.1, 0.15) is 19.2 Å². The van der Waals surface area contributed by atoms with Crippen molar-refractivity contribution in [2.45, 2.75) is 52.6 Å². The highest BCUT2D eigenvalue weighted by atomic mass is 35.6. The summed E-state index contributed by atoms with van der Waals surface area (Å²) in [6.45, 7) is 2.59. The van der Waals surface area contributed by atoms with Crippen LogP contribution in [0.4, 0.5) is 9.59 Å². The van der Waals surface area contributed by atoms with E-state index in [9.17, 15) is 29.4 Å². The molecule has 45 heavy (non-hydrogen) atoms. The summed E-state index contributed by atoms with van der Waals surface area (Å²) in [7, 11) is 1.47. The van der Waals surface area contributed by atoms with Crippen LogP contribution >= 0.6 is 34.8 Å². The lowest BCUT2D eigenvalue weighted by Crippen LogP contribution is -2.78. The molecule has 1 unspecified atom stereocenters. The average molecular weight is 686 g/mol. The molecule has 1 aromatic carbocycles. The molecule has 1 aliphatic carbocycles. The fourth-order valence-electron chi connectivity index (χ4n) is 6.81. The molecule has 0 saturated carbocycles. The third-order valence-electron chi connectivity index (χ3n) is 8.76. The number of aliphatic hydroxyl groups is 2. The lowest BCUT2D eigenvalue weighted by atomic mass is 9.85. The Labute approximate surface area is 272 Å². The van der Waals surface area contributed by atoms with Crippen LogP contribution in [0.3, 0.4) is 0 Å². The summed E-state index contributed by atoms with van der Waals surface area (Å²) >= 11 is 17.2. The van der Waals surface area contributed by atoms with Gasteiger partial charge in [-0.2, -0.15) is 0 Å². The van der Waals surface area contributed by atoms with Crippen LogP contribution in [-0.4, -0.2) is 121 Å². The maximum Gasteiger partial charge on any atom is 0.414 e. The number of nitrogens with zero attached hydrogens (tertiary/aromatic N) is 4. The largest absolute Gasteiger partial charge is 0.445 e. The van der Waals surface area contributed by atoms with Gasteiger partial charge in [0.15, 0.2) is 5.66 Å². The van der Waals surface area contributed by atoms with Gasteiger partial charge in [0.05, 0.1) is 24.4 Å². The molecule has 242 valence electrons. The van der Waals surface area contributed by atoms with Gasteiger partial charge in [0.2, 0.25) is 21.4 Å². The lowest BCUT2D eigenvalue weighted by molar-refractivity contribution is -0.231. The highest BCUT2D eigenvalue weighted by Gasteiger charge is 2.74. The van der Waals surface area contributed by atoms with E-state index in [1.165, 1.54) is 16.8 Å². The van der Waals surface area contributed by atoms with E-state index in [1.54, 1.807) is 12.1 Å². The van der Waals surface area contributed by atoms with Crippen LogP contribution in [0.2, 0.25) is 0 Å². The first-order valence-electron chi connectivity index (χ1n) is 14.1. The zero-order valence-electron chi connectivity index (χ0n) is 24.0. The van der Waals surface area contributed by atoms with Crippen LogP contribution in [0.25, 0.3) is 0 Å². The Bertz CT molecular complexity index is 1520. The Kier molecular flexibility index (Phi) is 7.76. The number of hydrogen-bond donors (Lipinski definition) is 6. The van der Waals surface area contributed by atoms with Gasteiger partial charge in [0, 0.05) is 19.2 Å². The molecule has 0 radical (unpaired) electrons. The van der Waals surface area contributed by atoms with E-state index in [4.69, 9.17) is 39.5 Å². The molecule has 15 nitrogen and oxygen atoms in total. The fraction of sp³-hybridized carbons (Fsp3) is 0.519. The first-order valence-corrected chi connectivity index (χ1v) is 15.3. The summed E-state index contributed by atoms with van der Waals surface area (Å²) in [5.41, 5.74) is 0.483. The smallest absolute Gasteiger partial charge is 0.414 e. The molecule has 0 aromatic heterocycles. The number of likely N-dealkylation sites (N-methyl/N-ethyl adjacent to an activating group) is 1. The number of aliphatic imine (C=N–C) groups is 1. The third kappa shape index (κ3) is 5.29. The highest BCUT2D eigenvalue weighted by Crippen LogP contribution is 2.45. The van der Waals surface area contributed by atoms with Gasteiger partial charge < -0.3 is 40.7 Å². The number of alkyl carbamates (subject to hydrolysis) is 1. The van der Waals surface area contributed by atoms with Gasteiger partial charge in [-0.1, -0.05) is 53.5 Å². The number of urea groups is 1. The minimum Gasteiger partial charge on any atom is -0.445 e. The lowest BCUT2D eigenvalue weighted by Gasteiger charge is -2.49. The zero-order chi connectivity index (χ0) is 32.5. The molecule has 4 atom stereocenters. The summed E-state index contributed by atoms with van der Waals surface area (Å²) in [4.78, 5) is 60.1. The number of benzene rings is 1. The fourth-order valence-corrected chi connectivity index (χ4v) is 6.97. The summed E-state index contributed by atoms with van der Waals surface area (Å²) < 4.78 is 3.11. The predicted octanol–water partition coefficient (Wildman–Crippen LogP) is -0.272. The van der Waals surface area contributed by atoms with Crippen molar-refractivity contribution in [2.24, 2.45) is 4.99 Å². The Balaban J connectivity index is 1.36. The first kappa shape index (κ1) is 31.5. The molecule has 5 aliphatic rings. The Morgan fingerprint density at radius 2 is 2.00 bits per heavy atom. The molecule has 3 saturated heterocycles. The van der Waals surface area contributed by atoms with Crippen LogP contribution in [0.5, 0.6) is 0 Å². The van der Waals surface area contributed by atoms with Crippen LogP contribution in [0.1, 0.15) is 27.9 Å². The van der Waals surface area contributed by atoms with E-state index in [0.717, 1.165) is 35.3 Å². The monoisotopic (exact) mass is 684 g/mol. The van der Waals surface area contributed by atoms with Crippen molar-refractivity contribution >= 4 is 64.7 Å². The summed E-state index contributed by atoms with van der Waals surface area (Å²) in [5, 5.41) is 35.2. The molecule has 6 N–H and O–H groups in total. The normalized spacial score (nSPS) is 28.2. The number of aryl methyl sites for hydroxylation is 1. The first-order chi connectivity index (χ1) is 21.1. The predicted molar refractivity (Wildman–Crippen MR) is 161 cm³/mol. The molecule has 6 rings (SSSR count). The molecular formula is C27H31Cl3N8O7. The number of imide groups is 1. The average Bonchev–Trinajstić information content (AvgIpc) is 3.69. The molecule has 18 heteroatoms. The number of rotatable bonds is 5. The number of amides is 5. The van der Waals surface area contributed by atoms with Gasteiger partial charge in [0.25, 0.3) is 5.91 Å². The second-order valence-corrected chi connectivity index (χ2v) is 14.1. The standard InChI is InChI=1S/C27H31Cl3N8O7/c1-13-31-20-17(9-37-19(39)11-36(2)24(37)42)32-22(34-23(41)45-12-25(28,29)30)38-10-18(27(43,44)26(20,38)35-13)33-21(40)16-8-4-6-14-5-3-7-15(14)16/h4,6,8,17-18,20,31,35,43-44H,1,3,5,7,9-12H2,2H3,(H,33,40)(H,32,34,41)/t17-,18?,20-,26-/m0/s1. The van der Waals surface area contributed by atoms with Crippen molar-refractivity contribution in [3.63, 3.8) is 0 Å². The molecule has 4 aliphatic heterocycles. The molecule has 4 heterocycles. The number of alkyl halides is 3. The van der Waals surface area contributed by atoms with Crippen molar-refractivity contribution in [3.05, 3.63) is 47.3 Å². The quantitative estimate of drug-likeness (QED) is 0.137. The second-order valence-electron chi connectivity index (χ2n) is 11.6. The van der Waals surface area contributed by atoms with Crippen molar-refractivity contribution < 1.29 is 34.1 Å². The van der Waals surface area contributed by atoms with Gasteiger partial charge in [-0.25, -0.2) is 14.6 Å². The van der Waals surface area contributed by atoms with E-state index in [2.05, 4.69) is 32.8 Å². The topological polar surface area (TPSA) is 188 Å². The molecule has 3 fully saturated rings. The number of carbonyl (C=O) groups is 4. The maximum absolute atomic E-state index is 13.6. The second kappa shape index (κ2) is 11.1. The zero-order valence-corrected chi connectivity index (χ0v) is 26.2. The molecule has 1 spiro atoms. The van der Waals surface area contributed by atoms with Crippen molar-refractivity contribution in [1.29, 1.82) is 0 Å². The van der Waals surface area contributed by atoms with Crippen molar-refractivity contribution in [2.75, 3.05) is 33.3 Å². The molecule has 5 amide bonds. The number of fused-ring (bicyclic) bond motifs is 1. The number of ether oxygens (including phenoxy) is 1. The van der Waals surface area contributed by atoms with E-state index in [1.807, 2.05) is 6.07 Å². The highest BCUT2D eigenvalue weighted by molar-refractivity contribution is 6.67. The number of halogens is 3. The van der Waals surface area contributed by atoms with Crippen LogP contribution in [0, 0.1) is 0 Å². The minimum absolute atomic E-state index is 0.148. The van der Waals surface area contributed by atoms with Crippen LogP contribution in [0.15, 0.2) is 35.6 Å². The van der Waals surface area contributed by atoms with Crippen molar-refractivity contribution in [3.8, 4) is 0 Å². The summed E-state index contributed by atoms with van der Waals surface area (Å²) in [6.07, 6.45) is 1.39. The van der Waals surface area contributed by atoms with Crippen LogP contribution in [-0.2, 0) is 22.4 Å².